The van der Waals surface area contributed by atoms with Crippen molar-refractivity contribution in [1.29, 1.82) is 0 Å². The predicted octanol–water partition coefficient (Wildman–Crippen LogP) is 2.09. The van der Waals surface area contributed by atoms with Crippen LogP contribution in [-0.4, -0.2) is 44.4 Å². The van der Waals surface area contributed by atoms with Crippen LogP contribution < -0.4 is 4.90 Å². The highest BCUT2D eigenvalue weighted by Gasteiger charge is 2.22. The molecule has 1 aliphatic rings. The van der Waals surface area contributed by atoms with Gasteiger partial charge in [-0.3, -0.25) is 4.79 Å². The van der Waals surface area contributed by atoms with Gasteiger partial charge < -0.3 is 9.80 Å². The molecule has 88 valence electrons. The standard InChI is InChI=1S/C12H18N2OS/c1-13(2)10-4-3-7-14(8-10)12-6-5-11(9-15)16-12/h5-6,9-10H,3-4,7-8H2,1-2H3. The Hall–Kier alpha value is -0.870. The van der Waals surface area contributed by atoms with Gasteiger partial charge in [0.2, 0.25) is 0 Å². The zero-order chi connectivity index (χ0) is 11.5. The highest BCUT2D eigenvalue weighted by atomic mass is 32.1. The van der Waals surface area contributed by atoms with E-state index < -0.39 is 0 Å². The second-order valence-electron chi connectivity index (χ2n) is 4.50. The first kappa shape index (κ1) is 11.6. The number of likely N-dealkylation sites (N-methyl/N-ethyl adjacent to an activating group) is 1. The van der Waals surface area contributed by atoms with E-state index in [0.29, 0.717) is 6.04 Å². The highest BCUT2D eigenvalue weighted by molar-refractivity contribution is 7.17. The van der Waals surface area contributed by atoms with Gasteiger partial charge in [-0.1, -0.05) is 0 Å². The fourth-order valence-electron chi connectivity index (χ4n) is 2.15. The Morgan fingerprint density at radius 2 is 2.31 bits per heavy atom. The smallest absolute Gasteiger partial charge is 0.160 e. The van der Waals surface area contributed by atoms with Gasteiger partial charge in [-0.2, -0.15) is 0 Å². The van der Waals surface area contributed by atoms with E-state index in [0.717, 1.165) is 24.3 Å². The maximum absolute atomic E-state index is 10.7. The normalized spacial score (nSPS) is 21.4. The van der Waals surface area contributed by atoms with Crippen LogP contribution in [-0.2, 0) is 0 Å². The average molecular weight is 238 g/mol. The van der Waals surface area contributed by atoms with Crippen LogP contribution >= 0.6 is 11.3 Å². The minimum absolute atomic E-state index is 0.635. The summed E-state index contributed by atoms with van der Waals surface area (Å²) in [6, 6.07) is 4.61. The van der Waals surface area contributed by atoms with Crippen LogP contribution in [0.25, 0.3) is 0 Å². The first-order valence-electron chi connectivity index (χ1n) is 5.67. The summed E-state index contributed by atoms with van der Waals surface area (Å²) in [4.78, 5) is 16.2. The number of rotatable bonds is 3. The molecule has 0 radical (unpaired) electrons. The van der Waals surface area contributed by atoms with Crippen LogP contribution in [0.1, 0.15) is 22.5 Å². The van der Waals surface area contributed by atoms with Crippen molar-refractivity contribution in [2.24, 2.45) is 0 Å². The number of hydrogen-bond donors (Lipinski definition) is 0. The SMILES string of the molecule is CN(C)C1CCCN(c2ccc(C=O)s2)C1. The second kappa shape index (κ2) is 4.97. The number of nitrogens with zero attached hydrogens (tertiary/aromatic N) is 2. The summed E-state index contributed by atoms with van der Waals surface area (Å²) < 4.78 is 0. The molecule has 2 rings (SSSR count). The van der Waals surface area contributed by atoms with E-state index in [1.54, 1.807) is 11.3 Å². The van der Waals surface area contributed by atoms with Crippen LogP contribution in [0.5, 0.6) is 0 Å². The third-order valence-electron chi connectivity index (χ3n) is 3.17. The van der Waals surface area contributed by atoms with E-state index in [2.05, 4.69) is 30.0 Å². The summed E-state index contributed by atoms with van der Waals surface area (Å²) in [7, 11) is 4.28. The Morgan fingerprint density at radius 3 is 2.94 bits per heavy atom. The molecule has 4 heteroatoms. The van der Waals surface area contributed by atoms with Gasteiger partial charge in [0.15, 0.2) is 6.29 Å². The van der Waals surface area contributed by atoms with Crippen molar-refractivity contribution in [3.05, 3.63) is 17.0 Å². The second-order valence-corrected chi connectivity index (χ2v) is 5.59. The largest absolute Gasteiger partial charge is 0.362 e. The summed E-state index contributed by atoms with van der Waals surface area (Å²) in [6.45, 7) is 2.19. The maximum Gasteiger partial charge on any atom is 0.160 e. The van der Waals surface area contributed by atoms with Crippen LogP contribution in [0.4, 0.5) is 5.00 Å². The Balaban J connectivity index is 2.06. The number of aldehydes is 1. The van der Waals surface area contributed by atoms with E-state index in [1.165, 1.54) is 17.8 Å². The number of piperidine rings is 1. The molecule has 0 N–H and O–H groups in total. The van der Waals surface area contributed by atoms with Crippen molar-refractivity contribution in [1.82, 2.24) is 4.90 Å². The van der Waals surface area contributed by atoms with Crippen molar-refractivity contribution < 1.29 is 4.79 Å². The molecular weight excluding hydrogens is 220 g/mol. The van der Waals surface area contributed by atoms with Crippen LogP contribution in [0, 0.1) is 0 Å². The van der Waals surface area contributed by atoms with E-state index in [-0.39, 0.29) is 0 Å². The van der Waals surface area contributed by atoms with E-state index in [1.807, 2.05) is 6.07 Å². The lowest BCUT2D eigenvalue weighted by Crippen LogP contribution is -2.44. The van der Waals surface area contributed by atoms with Crippen molar-refractivity contribution in [3.8, 4) is 0 Å². The minimum Gasteiger partial charge on any atom is -0.362 e. The summed E-state index contributed by atoms with van der Waals surface area (Å²) >= 11 is 1.59. The molecule has 1 atom stereocenters. The molecule has 1 aliphatic heterocycles. The Labute approximate surface area is 101 Å². The van der Waals surface area contributed by atoms with Gasteiger partial charge in [-0.25, -0.2) is 0 Å². The summed E-state index contributed by atoms with van der Waals surface area (Å²) in [5.41, 5.74) is 0. The van der Waals surface area contributed by atoms with Gasteiger partial charge in [0, 0.05) is 19.1 Å². The Kier molecular flexibility index (Phi) is 3.61. The molecular formula is C12H18N2OS. The van der Waals surface area contributed by atoms with Crippen molar-refractivity contribution >= 4 is 22.6 Å². The van der Waals surface area contributed by atoms with Gasteiger partial charge >= 0.3 is 0 Å². The van der Waals surface area contributed by atoms with Gasteiger partial charge in [-0.15, -0.1) is 11.3 Å². The lowest BCUT2D eigenvalue weighted by molar-refractivity contribution is 0.112. The van der Waals surface area contributed by atoms with E-state index >= 15 is 0 Å². The first-order chi connectivity index (χ1) is 7.70. The summed E-state index contributed by atoms with van der Waals surface area (Å²) in [5.74, 6) is 0. The molecule has 1 saturated heterocycles. The molecule has 0 aromatic carbocycles. The van der Waals surface area contributed by atoms with Crippen LogP contribution in [0.3, 0.4) is 0 Å². The molecule has 16 heavy (non-hydrogen) atoms. The van der Waals surface area contributed by atoms with Gasteiger partial charge in [0.05, 0.1) is 9.88 Å². The minimum atomic E-state index is 0.635. The van der Waals surface area contributed by atoms with Gasteiger partial charge in [0.1, 0.15) is 0 Å². The first-order valence-corrected chi connectivity index (χ1v) is 6.48. The van der Waals surface area contributed by atoms with Crippen molar-refractivity contribution in [2.75, 3.05) is 32.1 Å². The van der Waals surface area contributed by atoms with E-state index in [9.17, 15) is 4.79 Å². The molecule has 2 heterocycles. The fourth-order valence-corrected chi connectivity index (χ4v) is 3.01. The number of carbonyl (C=O) groups is 1. The highest BCUT2D eigenvalue weighted by Crippen LogP contribution is 2.28. The molecule has 0 spiro atoms. The van der Waals surface area contributed by atoms with Gasteiger partial charge in [0.25, 0.3) is 0 Å². The number of hydrogen-bond acceptors (Lipinski definition) is 4. The molecule has 3 nitrogen and oxygen atoms in total. The predicted molar refractivity (Wildman–Crippen MR) is 68.6 cm³/mol. The topological polar surface area (TPSA) is 23.6 Å². The molecule has 1 fully saturated rings. The average Bonchev–Trinajstić information content (AvgIpc) is 2.77. The Morgan fingerprint density at radius 1 is 1.50 bits per heavy atom. The molecule has 1 aromatic rings. The third-order valence-corrected chi connectivity index (χ3v) is 4.24. The molecule has 1 aromatic heterocycles. The summed E-state index contributed by atoms with van der Waals surface area (Å²) in [6.07, 6.45) is 3.44. The van der Waals surface area contributed by atoms with Crippen LogP contribution in [0.15, 0.2) is 12.1 Å². The van der Waals surface area contributed by atoms with E-state index in [4.69, 9.17) is 0 Å². The zero-order valence-electron chi connectivity index (χ0n) is 9.85. The lowest BCUT2D eigenvalue weighted by atomic mass is 10.1. The quantitative estimate of drug-likeness (QED) is 0.753. The van der Waals surface area contributed by atoms with Gasteiger partial charge in [-0.05, 0) is 39.1 Å². The molecule has 0 saturated carbocycles. The van der Waals surface area contributed by atoms with Crippen LogP contribution in [0.2, 0.25) is 0 Å². The monoisotopic (exact) mass is 238 g/mol. The summed E-state index contributed by atoms with van der Waals surface area (Å²) in [5, 5.41) is 1.23. The molecule has 0 bridgehead atoms. The molecule has 0 aliphatic carbocycles. The van der Waals surface area contributed by atoms with Crippen molar-refractivity contribution in [2.45, 2.75) is 18.9 Å². The zero-order valence-corrected chi connectivity index (χ0v) is 10.7. The fraction of sp³-hybridized carbons (Fsp3) is 0.583. The van der Waals surface area contributed by atoms with Crippen molar-refractivity contribution in [3.63, 3.8) is 0 Å². The molecule has 0 amide bonds. The number of anilines is 1. The molecule has 1 unspecified atom stereocenters. The lowest BCUT2D eigenvalue weighted by Gasteiger charge is -2.36. The number of carbonyl (C=O) groups excluding carboxylic acids is 1. The Bertz CT molecular complexity index is 362. The third kappa shape index (κ3) is 2.44. The number of thiophene rings is 1. The maximum atomic E-state index is 10.7.